The molecule has 0 N–H and O–H groups in total. The lowest BCUT2D eigenvalue weighted by molar-refractivity contribution is 0.0353. The first-order chi connectivity index (χ1) is 13.3. The Morgan fingerprint density at radius 3 is 2.59 bits per heavy atom. The van der Waals surface area contributed by atoms with Crippen LogP contribution < -0.4 is 4.90 Å². The van der Waals surface area contributed by atoms with Crippen LogP contribution in [0.5, 0.6) is 0 Å². The number of carbonyl (C=O) groups excluding carboxylic acids is 1. The molecule has 4 saturated heterocycles. The van der Waals surface area contributed by atoms with Gasteiger partial charge >= 0.3 is 5.97 Å². The second-order valence-electron chi connectivity index (χ2n) is 7.89. The van der Waals surface area contributed by atoms with Gasteiger partial charge < -0.3 is 9.64 Å². The van der Waals surface area contributed by atoms with E-state index in [1.807, 2.05) is 12.1 Å². The van der Waals surface area contributed by atoms with Gasteiger partial charge in [0.25, 0.3) is 0 Å². The highest BCUT2D eigenvalue weighted by Gasteiger charge is 2.54. The highest BCUT2D eigenvalue weighted by Crippen LogP contribution is 2.48. The number of anilines is 1. The molecule has 6 rings (SSSR count). The van der Waals surface area contributed by atoms with Gasteiger partial charge in [0, 0.05) is 30.7 Å². The summed E-state index contributed by atoms with van der Waals surface area (Å²) >= 11 is 0. The van der Waals surface area contributed by atoms with Crippen molar-refractivity contribution in [1.82, 2.24) is 9.88 Å². The van der Waals surface area contributed by atoms with Gasteiger partial charge in [-0.15, -0.1) is 0 Å². The van der Waals surface area contributed by atoms with Crippen LogP contribution in [0.1, 0.15) is 34.7 Å². The maximum atomic E-state index is 12.4. The molecule has 0 spiro atoms. The summed E-state index contributed by atoms with van der Waals surface area (Å²) in [6.45, 7) is 3.28. The van der Waals surface area contributed by atoms with E-state index in [1.54, 1.807) is 6.20 Å². The molecule has 4 fully saturated rings. The molecule has 4 aliphatic heterocycles. The van der Waals surface area contributed by atoms with E-state index in [-0.39, 0.29) is 5.97 Å². The first-order valence-corrected chi connectivity index (χ1v) is 9.87. The molecule has 5 heteroatoms. The van der Waals surface area contributed by atoms with Crippen molar-refractivity contribution in [2.24, 2.45) is 5.92 Å². The Bertz CT molecular complexity index is 832. The molecule has 27 heavy (non-hydrogen) atoms. The van der Waals surface area contributed by atoms with Crippen LogP contribution in [0.25, 0.3) is 0 Å². The zero-order valence-corrected chi connectivity index (χ0v) is 15.6. The maximum absolute atomic E-state index is 12.4. The molecule has 4 aliphatic rings. The number of benzene rings is 1. The van der Waals surface area contributed by atoms with E-state index in [0.29, 0.717) is 29.5 Å². The molecule has 0 amide bonds. The van der Waals surface area contributed by atoms with Crippen molar-refractivity contribution in [1.29, 1.82) is 0 Å². The van der Waals surface area contributed by atoms with Gasteiger partial charge in [-0.05, 0) is 49.5 Å². The number of esters is 1. The summed E-state index contributed by atoms with van der Waals surface area (Å²) in [4.78, 5) is 22.1. The van der Waals surface area contributed by atoms with Crippen LogP contribution in [-0.2, 0) is 4.74 Å². The second kappa shape index (κ2) is 6.64. The van der Waals surface area contributed by atoms with Crippen molar-refractivity contribution < 1.29 is 9.53 Å². The second-order valence-corrected chi connectivity index (χ2v) is 7.89. The zero-order valence-electron chi connectivity index (χ0n) is 15.6. The summed E-state index contributed by atoms with van der Waals surface area (Å²) in [5, 5.41) is 0. The minimum absolute atomic E-state index is 0.306. The molecule has 0 radical (unpaired) electrons. The van der Waals surface area contributed by atoms with Gasteiger partial charge in [-0.1, -0.05) is 30.3 Å². The smallest absolute Gasteiger partial charge is 0.341 e. The van der Waals surface area contributed by atoms with Gasteiger partial charge in [0.15, 0.2) is 0 Å². The highest BCUT2D eigenvalue weighted by atomic mass is 16.5. The normalized spacial score (nSPS) is 31.6. The quantitative estimate of drug-likeness (QED) is 0.785. The summed E-state index contributed by atoms with van der Waals surface area (Å²) < 4.78 is 5.03. The molecule has 0 unspecified atom stereocenters. The molecule has 5 nitrogen and oxygen atoms in total. The predicted molar refractivity (Wildman–Crippen MR) is 104 cm³/mol. The maximum Gasteiger partial charge on any atom is 0.341 e. The van der Waals surface area contributed by atoms with Crippen LogP contribution in [0.15, 0.2) is 48.7 Å². The molecule has 0 aliphatic carbocycles. The molecular weight excluding hydrogens is 338 g/mol. The summed E-state index contributed by atoms with van der Waals surface area (Å²) in [6, 6.07) is 15.4. The van der Waals surface area contributed by atoms with E-state index in [1.165, 1.54) is 38.6 Å². The Morgan fingerprint density at radius 2 is 1.85 bits per heavy atom. The van der Waals surface area contributed by atoms with Crippen molar-refractivity contribution in [3.8, 4) is 0 Å². The van der Waals surface area contributed by atoms with Crippen LogP contribution in [0.4, 0.5) is 5.82 Å². The van der Waals surface area contributed by atoms with Crippen molar-refractivity contribution in [3.05, 3.63) is 59.8 Å². The van der Waals surface area contributed by atoms with E-state index < -0.39 is 0 Å². The van der Waals surface area contributed by atoms with Crippen LogP contribution in [0, 0.1) is 5.92 Å². The number of nitrogens with zero attached hydrogens (tertiary/aromatic N) is 3. The largest absolute Gasteiger partial charge is 0.465 e. The van der Waals surface area contributed by atoms with Crippen LogP contribution in [0.3, 0.4) is 0 Å². The summed E-state index contributed by atoms with van der Waals surface area (Å²) in [5.74, 6) is 1.58. The van der Waals surface area contributed by atoms with E-state index in [4.69, 9.17) is 4.74 Å². The summed E-state index contributed by atoms with van der Waals surface area (Å²) in [6.07, 6.45) is 4.26. The summed E-state index contributed by atoms with van der Waals surface area (Å²) in [5.41, 5.74) is 1.96. The Kier molecular flexibility index (Phi) is 4.12. The van der Waals surface area contributed by atoms with Crippen molar-refractivity contribution >= 4 is 11.8 Å². The Labute approximate surface area is 159 Å². The molecule has 1 aromatic heterocycles. The van der Waals surface area contributed by atoms with E-state index >= 15 is 0 Å². The minimum atomic E-state index is -0.306. The standard InChI is InChI=1S/C22H25N3O2/c1-27-22(26)17-8-5-11-23-21(17)25-14-18(15-6-3-2-4-7-15)20-19(25)16-9-12-24(20)13-10-16/h2-8,11,16,18-20H,9-10,12-14H2,1H3/t18-,19-,20-/m1/s1. The lowest BCUT2D eigenvalue weighted by atomic mass is 9.75. The monoisotopic (exact) mass is 363 g/mol. The Balaban J connectivity index is 1.59. The SMILES string of the molecule is COC(=O)c1cccnc1N1C[C@H](c2ccccc2)[C@@H]2[C@H]1C1CCN2CC1. The van der Waals surface area contributed by atoms with E-state index in [0.717, 1.165) is 12.4 Å². The Morgan fingerprint density at radius 1 is 1.07 bits per heavy atom. The molecule has 140 valence electrons. The lowest BCUT2D eigenvalue weighted by Crippen LogP contribution is -2.60. The van der Waals surface area contributed by atoms with Gasteiger partial charge in [-0.25, -0.2) is 9.78 Å². The number of aromatic nitrogens is 1. The van der Waals surface area contributed by atoms with Crippen LogP contribution >= 0.6 is 0 Å². The number of pyridine rings is 1. The fraction of sp³-hybridized carbons (Fsp3) is 0.455. The van der Waals surface area contributed by atoms with Crippen molar-refractivity contribution in [2.75, 3.05) is 31.6 Å². The molecule has 2 aromatic rings. The fourth-order valence-corrected chi connectivity index (χ4v) is 5.55. The average molecular weight is 363 g/mol. The molecule has 3 atom stereocenters. The van der Waals surface area contributed by atoms with E-state index in [2.05, 4.69) is 45.1 Å². The minimum Gasteiger partial charge on any atom is -0.465 e. The van der Waals surface area contributed by atoms with Crippen LogP contribution in [0.2, 0.25) is 0 Å². The Hall–Kier alpha value is -2.40. The number of hydrogen-bond donors (Lipinski definition) is 0. The number of ether oxygens (including phenoxy) is 1. The van der Waals surface area contributed by atoms with E-state index in [9.17, 15) is 4.79 Å². The lowest BCUT2D eigenvalue weighted by Gasteiger charge is -2.51. The van der Waals surface area contributed by atoms with Crippen LogP contribution in [-0.4, -0.2) is 54.7 Å². The zero-order chi connectivity index (χ0) is 18.4. The molecule has 2 bridgehead atoms. The highest BCUT2D eigenvalue weighted by molar-refractivity contribution is 5.94. The van der Waals surface area contributed by atoms with Gasteiger partial charge in [0.1, 0.15) is 11.4 Å². The van der Waals surface area contributed by atoms with Gasteiger partial charge in [-0.2, -0.15) is 0 Å². The third-order valence-electron chi connectivity index (χ3n) is 6.69. The molecule has 0 saturated carbocycles. The molecule has 5 heterocycles. The van der Waals surface area contributed by atoms with Crippen molar-refractivity contribution in [2.45, 2.75) is 30.8 Å². The number of piperidine rings is 3. The number of hydrogen-bond acceptors (Lipinski definition) is 5. The number of carbonyl (C=O) groups is 1. The number of methoxy groups -OCH3 is 1. The third-order valence-corrected chi connectivity index (χ3v) is 6.69. The third kappa shape index (κ3) is 2.64. The molecule has 1 aromatic carbocycles. The number of fused-ring (bicyclic) bond motifs is 2. The van der Waals surface area contributed by atoms with Gasteiger partial charge in [-0.3, -0.25) is 4.90 Å². The fourth-order valence-electron chi connectivity index (χ4n) is 5.55. The molecular formula is C22H25N3O2. The van der Waals surface area contributed by atoms with Gasteiger partial charge in [0.2, 0.25) is 0 Å². The summed E-state index contributed by atoms with van der Waals surface area (Å²) in [7, 11) is 1.44. The topological polar surface area (TPSA) is 45.7 Å². The van der Waals surface area contributed by atoms with Crippen molar-refractivity contribution in [3.63, 3.8) is 0 Å². The number of rotatable bonds is 3. The van der Waals surface area contributed by atoms with Gasteiger partial charge in [0.05, 0.1) is 7.11 Å². The first-order valence-electron chi connectivity index (χ1n) is 9.87. The predicted octanol–water partition coefficient (Wildman–Crippen LogP) is 2.93. The average Bonchev–Trinajstić information content (AvgIpc) is 3.17. The first kappa shape index (κ1) is 16.8.